The lowest BCUT2D eigenvalue weighted by atomic mass is 9.83. The molecule has 1 aromatic rings. The summed E-state index contributed by atoms with van der Waals surface area (Å²) in [5.74, 6) is 0.582. The van der Waals surface area contributed by atoms with Crippen molar-refractivity contribution in [2.75, 3.05) is 6.61 Å². The number of nitrogens with zero attached hydrogens (tertiary/aromatic N) is 2. The van der Waals surface area contributed by atoms with E-state index in [0.717, 1.165) is 12.1 Å². The van der Waals surface area contributed by atoms with Crippen LogP contribution in [0.4, 0.5) is 0 Å². The van der Waals surface area contributed by atoms with Crippen LogP contribution in [0.25, 0.3) is 6.08 Å². The molecular formula is C14H22N2O. The van der Waals surface area contributed by atoms with Gasteiger partial charge in [-0.05, 0) is 31.3 Å². The van der Waals surface area contributed by atoms with Gasteiger partial charge in [0.2, 0.25) is 0 Å². The topological polar surface area (TPSA) is 38.0 Å². The van der Waals surface area contributed by atoms with Gasteiger partial charge >= 0.3 is 0 Å². The van der Waals surface area contributed by atoms with Crippen LogP contribution in [0.3, 0.4) is 0 Å². The maximum absolute atomic E-state index is 9.51. The van der Waals surface area contributed by atoms with Crippen LogP contribution < -0.4 is 0 Å². The van der Waals surface area contributed by atoms with Crippen molar-refractivity contribution in [2.45, 2.75) is 45.6 Å². The second-order valence-corrected chi connectivity index (χ2v) is 4.84. The van der Waals surface area contributed by atoms with E-state index in [2.05, 4.69) is 18.1 Å². The van der Waals surface area contributed by atoms with Gasteiger partial charge in [0, 0.05) is 18.3 Å². The smallest absolute Gasteiger partial charge is 0.0647 e. The maximum Gasteiger partial charge on any atom is 0.0647 e. The monoisotopic (exact) mass is 234 g/mol. The van der Waals surface area contributed by atoms with E-state index >= 15 is 0 Å². The van der Waals surface area contributed by atoms with Crippen molar-refractivity contribution in [2.24, 2.45) is 5.92 Å². The Bertz CT molecular complexity index is 375. The first-order chi connectivity index (χ1) is 8.33. The van der Waals surface area contributed by atoms with Crippen molar-refractivity contribution in [1.29, 1.82) is 0 Å². The molecule has 17 heavy (non-hydrogen) atoms. The maximum atomic E-state index is 9.51. The number of aliphatic hydroxyl groups is 1. The molecule has 0 radical (unpaired) electrons. The van der Waals surface area contributed by atoms with Gasteiger partial charge in [-0.25, -0.2) is 0 Å². The molecule has 3 heteroatoms. The lowest BCUT2D eigenvalue weighted by Crippen LogP contribution is -2.11. The second-order valence-electron chi connectivity index (χ2n) is 4.84. The van der Waals surface area contributed by atoms with Gasteiger partial charge in [-0.2, -0.15) is 5.10 Å². The fourth-order valence-electron chi connectivity index (χ4n) is 2.61. The Morgan fingerprint density at radius 1 is 1.47 bits per heavy atom. The van der Waals surface area contributed by atoms with Crippen molar-refractivity contribution >= 4 is 6.08 Å². The third kappa shape index (κ3) is 3.19. The molecule has 0 atom stereocenters. The van der Waals surface area contributed by atoms with E-state index < -0.39 is 0 Å². The Labute approximate surface area is 103 Å². The molecule has 2 rings (SSSR count). The van der Waals surface area contributed by atoms with Gasteiger partial charge in [0.25, 0.3) is 0 Å². The van der Waals surface area contributed by atoms with E-state index in [9.17, 15) is 5.11 Å². The zero-order chi connectivity index (χ0) is 12.1. The third-order valence-corrected chi connectivity index (χ3v) is 3.64. The molecule has 1 aliphatic carbocycles. The minimum atomic E-state index is 0.183. The first-order valence-corrected chi connectivity index (χ1v) is 6.67. The predicted molar refractivity (Wildman–Crippen MR) is 69.5 cm³/mol. The van der Waals surface area contributed by atoms with Crippen LogP contribution >= 0.6 is 0 Å². The summed E-state index contributed by atoms with van der Waals surface area (Å²) in [6.07, 6.45) is 12.5. The quantitative estimate of drug-likeness (QED) is 0.870. The highest BCUT2D eigenvalue weighted by molar-refractivity contribution is 5.51. The van der Waals surface area contributed by atoms with Crippen molar-refractivity contribution in [1.82, 2.24) is 9.78 Å². The van der Waals surface area contributed by atoms with E-state index in [1.165, 1.54) is 37.7 Å². The highest BCUT2D eigenvalue weighted by atomic mass is 16.3. The number of aromatic nitrogens is 2. The lowest BCUT2D eigenvalue weighted by Gasteiger charge is -2.23. The number of hydrogen-bond acceptors (Lipinski definition) is 2. The molecule has 0 saturated heterocycles. The van der Waals surface area contributed by atoms with Gasteiger partial charge in [0.1, 0.15) is 0 Å². The van der Waals surface area contributed by atoms with Crippen LogP contribution in [-0.4, -0.2) is 21.5 Å². The van der Waals surface area contributed by atoms with Crippen LogP contribution in [0.2, 0.25) is 0 Å². The van der Waals surface area contributed by atoms with Gasteiger partial charge in [-0.15, -0.1) is 0 Å². The molecule has 1 N–H and O–H groups in total. The van der Waals surface area contributed by atoms with Crippen molar-refractivity contribution in [3.8, 4) is 0 Å². The largest absolute Gasteiger partial charge is 0.392 e. The Hall–Kier alpha value is -1.09. The summed E-state index contributed by atoms with van der Waals surface area (Å²) >= 11 is 0. The van der Waals surface area contributed by atoms with Crippen LogP contribution in [0.1, 0.15) is 44.6 Å². The van der Waals surface area contributed by atoms with E-state index in [-0.39, 0.29) is 6.61 Å². The molecule has 0 aliphatic heterocycles. The molecule has 0 aromatic carbocycles. The first-order valence-electron chi connectivity index (χ1n) is 6.67. The Kier molecular flexibility index (Phi) is 4.37. The standard InChI is InChI=1S/C14H22N2O/c1-2-16-10-12(9-15-16)8-14(11-17)13-6-4-3-5-7-13/h8-10,13,17H,2-7,11H2,1H3/b14-8-. The minimum Gasteiger partial charge on any atom is -0.392 e. The number of hydrogen-bond donors (Lipinski definition) is 1. The van der Waals surface area contributed by atoms with Gasteiger partial charge in [0.15, 0.2) is 0 Å². The Balaban J connectivity index is 2.10. The number of aryl methyl sites for hydroxylation is 1. The molecular weight excluding hydrogens is 212 g/mol. The minimum absolute atomic E-state index is 0.183. The summed E-state index contributed by atoms with van der Waals surface area (Å²) in [6, 6.07) is 0. The van der Waals surface area contributed by atoms with E-state index in [1.54, 1.807) is 0 Å². The molecule has 1 fully saturated rings. The highest BCUT2D eigenvalue weighted by Gasteiger charge is 2.17. The Morgan fingerprint density at radius 3 is 2.82 bits per heavy atom. The average molecular weight is 234 g/mol. The first kappa shape index (κ1) is 12.4. The van der Waals surface area contributed by atoms with Crippen molar-refractivity contribution in [3.05, 3.63) is 23.5 Å². The zero-order valence-corrected chi connectivity index (χ0v) is 10.6. The van der Waals surface area contributed by atoms with Gasteiger partial charge in [-0.1, -0.05) is 25.3 Å². The molecule has 0 bridgehead atoms. The molecule has 1 aromatic heterocycles. The lowest BCUT2D eigenvalue weighted by molar-refractivity contribution is 0.295. The molecule has 94 valence electrons. The van der Waals surface area contributed by atoms with Gasteiger partial charge < -0.3 is 5.11 Å². The fourth-order valence-corrected chi connectivity index (χ4v) is 2.61. The molecule has 1 heterocycles. The summed E-state index contributed by atoms with van der Waals surface area (Å²) in [7, 11) is 0. The molecule has 1 saturated carbocycles. The molecule has 3 nitrogen and oxygen atoms in total. The molecule has 0 amide bonds. The van der Waals surface area contributed by atoms with Crippen molar-refractivity contribution in [3.63, 3.8) is 0 Å². The van der Waals surface area contributed by atoms with E-state index in [4.69, 9.17) is 0 Å². The fraction of sp³-hybridized carbons (Fsp3) is 0.643. The summed E-state index contributed by atoms with van der Waals surface area (Å²) in [5, 5.41) is 13.8. The molecule has 0 spiro atoms. The second kappa shape index (κ2) is 6.01. The predicted octanol–water partition coefficient (Wildman–Crippen LogP) is 2.86. The van der Waals surface area contributed by atoms with Crippen LogP contribution in [-0.2, 0) is 6.54 Å². The summed E-state index contributed by atoms with van der Waals surface area (Å²) in [5.41, 5.74) is 2.29. The Morgan fingerprint density at radius 2 is 2.24 bits per heavy atom. The van der Waals surface area contributed by atoms with E-state index in [0.29, 0.717) is 5.92 Å². The van der Waals surface area contributed by atoms with Crippen LogP contribution in [0.15, 0.2) is 18.0 Å². The van der Waals surface area contributed by atoms with Crippen LogP contribution in [0.5, 0.6) is 0 Å². The summed E-state index contributed by atoms with van der Waals surface area (Å²) in [6.45, 7) is 3.16. The molecule has 0 unspecified atom stereocenters. The average Bonchev–Trinajstić information content (AvgIpc) is 2.84. The van der Waals surface area contributed by atoms with E-state index in [1.807, 2.05) is 17.1 Å². The third-order valence-electron chi connectivity index (χ3n) is 3.64. The number of rotatable bonds is 4. The van der Waals surface area contributed by atoms with Gasteiger partial charge in [-0.3, -0.25) is 4.68 Å². The SMILES string of the molecule is CCn1cc(/C=C(/CO)C2CCCCC2)cn1. The van der Waals surface area contributed by atoms with Crippen molar-refractivity contribution < 1.29 is 5.11 Å². The van der Waals surface area contributed by atoms with Gasteiger partial charge in [0.05, 0.1) is 12.8 Å². The summed E-state index contributed by atoms with van der Waals surface area (Å²) < 4.78 is 1.92. The molecule has 1 aliphatic rings. The normalized spacial score (nSPS) is 18.6. The summed E-state index contributed by atoms with van der Waals surface area (Å²) in [4.78, 5) is 0. The zero-order valence-electron chi connectivity index (χ0n) is 10.6. The number of aliphatic hydroxyl groups excluding tert-OH is 1. The highest BCUT2D eigenvalue weighted by Crippen LogP contribution is 2.30. The van der Waals surface area contributed by atoms with Crippen LogP contribution in [0, 0.1) is 5.92 Å².